The van der Waals surface area contributed by atoms with Crippen LogP contribution in [0, 0.1) is 11.6 Å². The third-order valence-corrected chi connectivity index (χ3v) is 19.6. The van der Waals surface area contributed by atoms with Crippen molar-refractivity contribution < 1.29 is 89.2 Å². The van der Waals surface area contributed by atoms with Gasteiger partial charge in [0.1, 0.15) is 47.8 Å². The number of hydrogen-bond acceptors (Lipinski definition) is 15. The predicted octanol–water partition coefficient (Wildman–Crippen LogP) is 15.2. The Bertz CT molecular complexity index is 4590. The second-order valence-corrected chi connectivity index (χ2v) is 26.5. The fourth-order valence-electron chi connectivity index (χ4n) is 13.5. The molecule has 10 aromatic carbocycles. The summed E-state index contributed by atoms with van der Waals surface area (Å²) in [4.78, 5) is 0. The fourth-order valence-corrected chi connectivity index (χ4v) is 13.9. The van der Waals surface area contributed by atoms with Crippen molar-refractivity contribution >= 4 is 23.2 Å². The quantitative estimate of drug-likeness (QED) is 0.0388. The van der Waals surface area contributed by atoms with Crippen LogP contribution in [0.3, 0.4) is 0 Å². The molecule has 3 N–H and O–H groups in total. The number of benzene rings is 10. The van der Waals surface area contributed by atoms with Crippen molar-refractivity contribution in [3.05, 3.63) is 343 Å². The lowest BCUT2D eigenvalue weighted by molar-refractivity contribution is -0.417. The average Bonchev–Trinajstić information content (AvgIpc) is 1.46. The lowest BCUT2D eigenvalue weighted by Gasteiger charge is -2.56. The molecule has 3 fully saturated rings. The number of aliphatic hydroxyl groups is 3. The van der Waals surface area contributed by atoms with E-state index >= 15 is 4.39 Å². The predicted molar refractivity (Wildman–Crippen MR) is 390 cm³/mol. The molecule has 0 aromatic heterocycles. The van der Waals surface area contributed by atoms with Gasteiger partial charge in [-0.15, -0.1) is 0 Å². The molecule has 0 amide bonds. The minimum absolute atomic E-state index is 0.0343. The molecule has 0 saturated carbocycles. The first-order chi connectivity index (χ1) is 53.1. The van der Waals surface area contributed by atoms with Crippen LogP contribution in [0.2, 0.25) is 10.0 Å². The Balaban J connectivity index is 0.000000205. The van der Waals surface area contributed by atoms with Gasteiger partial charge in [0.2, 0.25) is 11.6 Å². The van der Waals surface area contributed by atoms with Gasteiger partial charge in [0, 0.05) is 28.3 Å². The van der Waals surface area contributed by atoms with Crippen LogP contribution in [0.15, 0.2) is 255 Å². The van der Waals surface area contributed by atoms with Gasteiger partial charge in [-0.3, -0.25) is 0 Å². The van der Waals surface area contributed by atoms with Gasteiger partial charge < -0.3 is 72.2 Å². The number of hydrogen-bond donors (Lipinski definition) is 3. The highest BCUT2D eigenvalue weighted by molar-refractivity contribution is 6.31. The highest BCUT2D eigenvalue weighted by Crippen LogP contribution is 2.54. The van der Waals surface area contributed by atoms with Crippen molar-refractivity contribution in [1.29, 1.82) is 0 Å². The first kappa shape index (κ1) is 67.6. The standard InChI is InChI=1S/C43H44ClFO8.C42H40ClFO7/c1-48-38-21-18-33(23-37(38)45)22-34-24-35(19-20-36(34)44)43(49-2)41(52-27-32-16-10-5-11-17-32)39(50-25-30-12-6-3-7-13-30)40(42(28-46,29-47)53-43)51-26-31-14-8-4-9-15-31;1-46-37-20-17-32(22-36(37)44)21-33-23-34(18-19-35(33)43)42-40(49-26-31-15-9-4-10-16-31)38(47-24-29-11-5-2-6-12-29)39(41(27-45,51-42)28-50-42)48-25-30-13-7-3-8-14-30/h3-21,23-24,39-41,46-47H,22,25-29H2,1-2H3;2-20,22-23,38-40,45H,21,24-28H2,1H3/t39-,40-,41+,43-;38-,39-,40+,41-,42-/m00/s1/i2*1D3. The second kappa shape index (κ2) is 35.2. The van der Waals surface area contributed by atoms with Gasteiger partial charge >= 0.3 is 0 Å². The third-order valence-electron chi connectivity index (χ3n) is 18.9. The average molecular weight is 1460 g/mol. The maximum Gasteiger partial charge on any atom is 0.225 e. The molecule has 10 aromatic rings. The Morgan fingerprint density at radius 1 is 0.413 bits per heavy atom. The van der Waals surface area contributed by atoms with E-state index in [0.717, 1.165) is 33.4 Å². The number of rotatable bonds is 30. The zero-order chi connectivity index (χ0) is 77.5. The van der Waals surface area contributed by atoms with Crippen LogP contribution in [0.4, 0.5) is 8.78 Å². The fraction of sp³-hybridized carbons (Fsp3) is 0.294. The summed E-state index contributed by atoms with van der Waals surface area (Å²) in [6.45, 7) is -0.888. The van der Waals surface area contributed by atoms with E-state index in [4.69, 9.17) is 88.3 Å². The zero-order valence-corrected chi connectivity index (χ0v) is 58.5. The number of fused-ring (bicyclic) bond motifs is 2. The summed E-state index contributed by atoms with van der Waals surface area (Å²) in [5.74, 6) is -5.89. The molecule has 9 atom stereocenters. The van der Waals surface area contributed by atoms with Crippen LogP contribution in [-0.2, 0) is 111 Å². The molecule has 0 aliphatic carbocycles. The highest BCUT2D eigenvalue weighted by atomic mass is 35.5. The van der Waals surface area contributed by atoms with E-state index in [-0.39, 0.29) is 64.8 Å². The molecule has 3 saturated heterocycles. The normalized spacial score (nSPS) is 23.6. The zero-order valence-electron chi connectivity index (χ0n) is 63.0. The summed E-state index contributed by atoms with van der Waals surface area (Å²) >= 11 is 13.5. The summed E-state index contributed by atoms with van der Waals surface area (Å²) in [6.07, 6.45) is -5.45. The van der Waals surface area contributed by atoms with Crippen LogP contribution in [-0.4, -0.2) is 111 Å². The maximum absolute atomic E-state index is 15.0. The smallest absolute Gasteiger partial charge is 0.225 e. The summed E-state index contributed by atoms with van der Waals surface area (Å²) < 4.78 is 151. The van der Waals surface area contributed by atoms with Crippen molar-refractivity contribution in [2.24, 2.45) is 0 Å². The van der Waals surface area contributed by atoms with E-state index in [2.05, 4.69) is 0 Å². The molecular weight excluding hydrogens is 1370 g/mol. The van der Waals surface area contributed by atoms with Crippen molar-refractivity contribution in [2.45, 2.75) is 112 Å². The van der Waals surface area contributed by atoms with E-state index in [9.17, 15) is 19.7 Å². The van der Waals surface area contributed by atoms with Crippen molar-refractivity contribution in [1.82, 2.24) is 0 Å². The Morgan fingerprint density at radius 2 is 0.788 bits per heavy atom. The number of methoxy groups -OCH3 is 3. The molecule has 2 bridgehead atoms. The molecule has 542 valence electrons. The first-order valence-electron chi connectivity index (χ1n) is 36.9. The molecule has 13 rings (SSSR count). The van der Waals surface area contributed by atoms with Gasteiger partial charge in [-0.25, -0.2) is 8.78 Å². The minimum Gasteiger partial charge on any atom is -0.494 e. The lowest BCUT2D eigenvalue weighted by atomic mass is 9.80. The number of halogens is 4. The molecule has 15 nitrogen and oxygen atoms in total. The van der Waals surface area contributed by atoms with Crippen LogP contribution >= 0.6 is 23.2 Å². The molecular formula is C85H84Cl2F2O15. The molecule has 3 aliphatic heterocycles. The van der Waals surface area contributed by atoms with Crippen molar-refractivity contribution in [3.8, 4) is 11.5 Å². The van der Waals surface area contributed by atoms with Crippen LogP contribution in [0.25, 0.3) is 0 Å². The second-order valence-electron chi connectivity index (χ2n) is 25.7. The van der Waals surface area contributed by atoms with Gasteiger partial charge in [-0.05, 0) is 117 Å². The lowest BCUT2D eigenvalue weighted by Crippen LogP contribution is -2.72. The van der Waals surface area contributed by atoms with E-state index < -0.39 is 111 Å². The van der Waals surface area contributed by atoms with Crippen LogP contribution < -0.4 is 9.47 Å². The summed E-state index contributed by atoms with van der Waals surface area (Å²) in [6, 6.07) is 76.2. The first-order valence-corrected chi connectivity index (χ1v) is 34.7. The molecule has 19 heteroatoms. The molecule has 0 radical (unpaired) electrons. The molecule has 104 heavy (non-hydrogen) atoms. The third kappa shape index (κ3) is 17.2. The van der Waals surface area contributed by atoms with E-state index in [1.54, 1.807) is 42.5 Å². The molecule has 3 heterocycles. The largest absolute Gasteiger partial charge is 0.494 e. The van der Waals surface area contributed by atoms with Gasteiger partial charge in [-0.1, -0.05) is 229 Å². The maximum atomic E-state index is 15.0. The van der Waals surface area contributed by atoms with Gasteiger partial charge in [0.15, 0.2) is 23.1 Å². The Morgan fingerprint density at radius 3 is 1.18 bits per heavy atom. The van der Waals surface area contributed by atoms with E-state index in [1.165, 1.54) is 31.4 Å². The SMILES string of the molecule is [2H]C([2H])([2H])Oc1ccc(Cc2cc([C@]3(OC)OC(CO)(CO)[C@@H](OCc4ccccc4)[C@H](OCc4ccccc4)[C@H]3OCc3ccccc3)ccc2Cl)cc1F.[2H]C([2H])([2H])Oc1ccc(Cc2cc([C@]34OC[C@](CO)(O3)[C@@H](OCc3ccccc3)[C@H](OCc3ccccc3)[C@H]4OCc3ccccc3)ccc2Cl)cc1F. The van der Waals surface area contributed by atoms with Gasteiger partial charge in [0.25, 0.3) is 0 Å². The van der Waals surface area contributed by atoms with E-state index in [1.807, 2.05) is 188 Å². The summed E-state index contributed by atoms with van der Waals surface area (Å²) in [7, 11) is -4.18. The van der Waals surface area contributed by atoms with E-state index in [0.29, 0.717) is 43.4 Å². The Kier molecular flexibility index (Phi) is 22.9. The monoisotopic (exact) mass is 1460 g/mol. The Hall–Kier alpha value is -8.28. The molecule has 0 spiro atoms. The molecule has 0 unspecified atom stereocenters. The minimum atomic E-state index is -2.82. The van der Waals surface area contributed by atoms with Gasteiger partial charge in [-0.2, -0.15) is 0 Å². The summed E-state index contributed by atoms with van der Waals surface area (Å²) in [5.41, 5.74) is 5.33. The highest BCUT2D eigenvalue weighted by Gasteiger charge is 2.70. The Labute approximate surface area is 623 Å². The summed E-state index contributed by atoms with van der Waals surface area (Å²) in [5, 5.41) is 34.2. The number of ether oxygens (including phenoxy) is 12. The van der Waals surface area contributed by atoms with Crippen LogP contribution in [0.1, 0.15) is 75.0 Å². The number of aliphatic hydroxyl groups excluding tert-OH is 3. The van der Waals surface area contributed by atoms with Crippen molar-refractivity contribution in [3.63, 3.8) is 0 Å². The topological polar surface area (TPSA) is 171 Å². The van der Waals surface area contributed by atoms with Crippen molar-refractivity contribution in [2.75, 3.05) is 47.6 Å². The van der Waals surface area contributed by atoms with Gasteiger partial charge in [0.05, 0.1) is 88.4 Å². The van der Waals surface area contributed by atoms with Crippen LogP contribution in [0.5, 0.6) is 11.5 Å². The molecule has 3 aliphatic rings.